The van der Waals surface area contributed by atoms with Gasteiger partial charge in [-0.3, -0.25) is 4.79 Å². The van der Waals surface area contributed by atoms with E-state index < -0.39 is 14.3 Å². The third kappa shape index (κ3) is 9.36. The van der Waals surface area contributed by atoms with Gasteiger partial charge in [0.1, 0.15) is 0 Å². The summed E-state index contributed by atoms with van der Waals surface area (Å²) in [6, 6.07) is 15.7. The summed E-state index contributed by atoms with van der Waals surface area (Å²) >= 11 is 0. The van der Waals surface area contributed by atoms with E-state index in [2.05, 4.69) is 39.2 Å². The molecule has 33 heavy (non-hydrogen) atoms. The summed E-state index contributed by atoms with van der Waals surface area (Å²) in [6.45, 7) is 12.0. The fourth-order valence-corrected chi connectivity index (χ4v) is 4.08. The molecule has 0 saturated heterocycles. The van der Waals surface area contributed by atoms with Crippen molar-refractivity contribution < 1.29 is 19.1 Å². The van der Waals surface area contributed by atoms with Crippen LogP contribution in [0, 0.1) is 0 Å². The molecule has 2 N–H and O–H groups in total. The Morgan fingerprint density at radius 1 is 0.970 bits per heavy atom. The van der Waals surface area contributed by atoms with Gasteiger partial charge in [0.2, 0.25) is 5.91 Å². The van der Waals surface area contributed by atoms with Gasteiger partial charge in [-0.1, -0.05) is 57.2 Å². The Labute approximate surface area is 199 Å². The van der Waals surface area contributed by atoms with E-state index in [0.717, 1.165) is 48.8 Å². The Hall–Kier alpha value is -2.70. The zero-order chi connectivity index (χ0) is 24.5. The number of carboxylic acid groups (broad SMARTS) is 1. The molecule has 0 fully saturated rings. The van der Waals surface area contributed by atoms with E-state index in [-0.39, 0.29) is 10.9 Å². The van der Waals surface area contributed by atoms with Crippen molar-refractivity contribution in [2.45, 2.75) is 64.6 Å². The van der Waals surface area contributed by atoms with Gasteiger partial charge in [-0.25, -0.2) is 4.79 Å². The number of hydrogen-bond donors (Lipinski definition) is 2. The van der Waals surface area contributed by atoms with Gasteiger partial charge in [-0.15, -0.1) is 0 Å². The molecule has 178 valence electrons. The minimum atomic E-state index is -1.72. The van der Waals surface area contributed by atoms with Crippen LogP contribution in [-0.4, -0.2) is 31.9 Å². The second kappa shape index (κ2) is 12.0. The molecule has 0 aliphatic rings. The summed E-state index contributed by atoms with van der Waals surface area (Å²) < 4.78 is 6.24. The van der Waals surface area contributed by atoms with Crippen molar-refractivity contribution in [3.8, 4) is 0 Å². The molecule has 2 rings (SSSR count). The fourth-order valence-electron chi connectivity index (χ4n) is 3.03. The fraction of sp³-hybridized carbons (Fsp3) is 0.407. The van der Waals surface area contributed by atoms with Crippen LogP contribution in [0.3, 0.4) is 0 Å². The molecule has 1 amide bonds. The number of benzene rings is 2. The van der Waals surface area contributed by atoms with Crippen molar-refractivity contribution in [1.82, 2.24) is 0 Å². The van der Waals surface area contributed by atoms with Crippen LogP contribution in [0.15, 0.2) is 54.6 Å². The van der Waals surface area contributed by atoms with Crippen LogP contribution >= 0.6 is 0 Å². The summed E-state index contributed by atoms with van der Waals surface area (Å²) in [5.74, 6) is -0.958. The first-order chi connectivity index (χ1) is 15.5. The number of hydrogen-bond acceptors (Lipinski definition) is 3. The second-order valence-electron chi connectivity index (χ2n) is 9.87. The van der Waals surface area contributed by atoms with Crippen LogP contribution in [-0.2, 0) is 26.9 Å². The Morgan fingerprint density at radius 3 is 2.12 bits per heavy atom. The lowest BCUT2D eigenvalue weighted by Crippen LogP contribution is -2.41. The van der Waals surface area contributed by atoms with Crippen LogP contribution in [0.25, 0.3) is 6.08 Å². The number of carboxylic acids is 1. The van der Waals surface area contributed by atoms with E-state index in [4.69, 9.17) is 9.53 Å². The van der Waals surface area contributed by atoms with Crippen molar-refractivity contribution in [2.75, 3.05) is 11.9 Å². The minimum Gasteiger partial charge on any atom is -0.478 e. The first-order valence-corrected chi connectivity index (χ1v) is 14.4. The number of carbonyl (C=O) groups excluding carboxylic acids is 1. The van der Waals surface area contributed by atoms with Gasteiger partial charge in [0.05, 0.1) is 0 Å². The first kappa shape index (κ1) is 26.5. The molecule has 2 aromatic carbocycles. The highest BCUT2D eigenvalue weighted by Gasteiger charge is 2.36. The van der Waals surface area contributed by atoms with Gasteiger partial charge in [-0.2, -0.15) is 0 Å². The Bertz CT molecular complexity index is 942. The third-order valence-electron chi connectivity index (χ3n) is 6.16. The molecule has 0 aliphatic heterocycles. The average molecular weight is 468 g/mol. The Kier molecular flexibility index (Phi) is 9.62. The molecule has 2 aromatic rings. The van der Waals surface area contributed by atoms with Gasteiger partial charge < -0.3 is 14.8 Å². The maximum atomic E-state index is 12.3. The maximum absolute atomic E-state index is 12.3. The summed E-state index contributed by atoms with van der Waals surface area (Å²) in [5, 5.41) is 11.8. The van der Waals surface area contributed by atoms with Gasteiger partial charge in [0, 0.05) is 24.8 Å². The second-order valence-corrected chi connectivity index (χ2v) is 14.7. The number of anilines is 1. The first-order valence-electron chi connectivity index (χ1n) is 11.5. The maximum Gasteiger partial charge on any atom is 0.328 e. The topological polar surface area (TPSA) is 75.6 Å². The monoisotopic (exact) mass is 467 g/mol. The van der Waals surface area contributed by atoms with Gasteiger partial charge in [0.25, 0.3) is 0 Å². The van der Waals surface area contributed by atoms with Gasteiger partial charge >= 0.3 is 5.97 Å². The molecule has 0 radical (unpaired) electrons. The van der Waals surface area contributed by atoms with E-state index in [1.807, 2.05) is 48.5 Å². The van der Waals surface area contributed by atoms with Crippen LogP contribution in [0.1, 0.15) is 50.3 Å². The molecule has 5 nitrogen and oxygen atoms in total. The molecule has 0 aliphatic carbocycles. The van der Waals surface area contributed by atoms with E-state index in [1.54, 1.807) is 6.08 Å². The summed E-state index contributed by atoms with van der Waals surface area (Å²) in [7, 11) is -1.72. The van der Waals surface area contributed by atoms with Gasteiger partial charge in [0.15, 0.2) is 8.32 Å². The zero-order valence-electron chi connectivity index (χ0n) is 20.5. The third-order valence-corrected chi connectivity index (χ3v) is 10.7. The van der Waals surface area contributed by atoms with Crippen molar-refractivity contribution in [3.63, 3.8) is 0 Å². The predicted octanol–water partition coefficient (Wildman–Crippen LogP) is 6.31. The molecule has 0 unspecified atom stereocenters. The van der Waals surface area contributed by atoms with E-state index in [9.17, 15) is 9.59 Å². The van der Waals surface area contributed by atoms with E-state index in [1.165, 1.54) is 5.56 Å². The van der Waals surface area contributed by atoms with Crippen molar-refractivity contribution in [3.05, 3.63) is 71.3 Å². The quantitative estimate of drug-likeness (QED) is 0.300. The molecular weight excluding hydrogens is 430 g/mol. The number of aliphatic carboxylic acids is 1. The minimum absolute atomic E-state index is 0.00465. The smallest absolute Gasteiger partial charge is 0.328 e. The standard InChI is InChI=1S/C27H37NO4Si/c1-27(2,3)33(4,5)32-20-19-23-13-16-24(17-14-23)28-25(29)8-6-7-21-9-11-22(12-10-21)15-18-26(30)31/h9-18H,6-8,19-20H2,1-5H3,(H,28,29)(H,30,31)/b18-15+. The molecule has 0 atom stereocenters. The normalized spacial score (nSPS) is 12.2. The SMILES string of the molecule is CC(C)(C)[Si](C)(C)OCCc1ccc(NC(=O)CCCc2ccc(/C=C/C(=O)O)cc2)cc1. The van der Waals surface area contributed by atoms with Crippen molar-refractivity contribution >= 4 is 32.0 Å². The van der Waals surface area contributed by atoms with Crippen molar-refractivity contribution in [1.29, 1.82) is 0 Å². The van der Waals surface area contributed by atoms with Gasteiger partial charge in [-0.05, 0) is 72.3 Å². The predicted molar refractivity (Wildman–Crippen MR) is 138 cm³/mol. The Balaban J connectivity index is 1.72. The summed E-state index contributed by atoms with van der Waals surface area (Å²) in [6.07, 6.45) is 5.54. The number of aryl methyl sites for hydroxylation is 1. The summed E-state index contributed by atoms with van der Waals surface area (Å²) in [5.41, 5.74) is 3.98. The number of amides is 1. The largest absolute Gasteiger partial charge is 0.478 e. The number of carbonyl (C=O) groups is 2. The van der Waals surface area contributed by atoms with Crippen LogP contribution in [0.4, 0.5) is 5.69 Å². The lowest BCUT2D eigenvalue weighted by atomic mass is 10.1. The van der Waals surface area contributed by atoms with Crippen LogP contribution in [0.2, 0.25) is 18.1 Å². The molecule has 0 saturated carbocycles. The zero-order valence-corrected chi connectivity index (χ0v) is 21.5. The highest BCUT2D eigenvalue weighted by molar-refractivity contribution is 6.74. The lowest BCUT2D eigenvalue weighted by molar-refractivity contribution is -0.131. The average Bonchev–Trinajstić information content (AvgIpc) is 2.73. The Morgan fingerprint density at radius 2 is 1.55 bits per heavy atom. The van der Waals surface area contributed by atoms with Crippen molar-refractivity contribution in [2.24, 2.45) is 0 Å². The van der Waals surface area contributed by atoms with E-state index in [0.29, 0.717) is 6.42 Å². The van der Waals surface area contributed by atoms with E-state index >= 15 is 0 Å². The number of nitrogens with one attached hydrogen (secondary N) is 1. The summed E-state index contributed by atoms with van der Waals surface area (Å²) in [4.78, 5) is 22.8. The molecule has 0 bridgehead atoms. The number of rotatable bonds is 11. The van der Waals surface area contributed by atoms with Crippen LogP contribution in [0.5, 0.6) is 0 Å². The molecule has 0 aromatic heterocycles. The molecule has 6 heteroatoms. The highest BCUT2D eigenvalue weighted by atomic mass is 28.4. The molecule has 0 spiro atoms. The van der Waals surface area contributed by atoms with Crippen LogP contribution < -0.4 is 5.32 Å². The lowest BCUT2D eigenvalue weighted by Gasteiger charge is -2.36. The molecule has 0 heterocycles. The highest BCUT2D eigenvalue weighted by Crippen LogP contribution is 2.36. The molecular formula is C27H37NO4Si.